The zero-order valence-corrected chi connectivity index (χ0v) is 17.0. The first-order chi connectivity index (χ1) is 14.7. The average Bonchev–Trinajstić information content (AvgIpc) is 3.14. The summed E-state index contributed by atoms with van der Waals surface area (Å²) in [5.41, 5.74) is -0.139. The summed E-state index contributed by atoms with van der Waals surface area (Å²) >= 11 is 0. The molecule has 1 amide bonds. The molecule has 1 aliphatic heterocycles. The molecule has 1 aliphatic rings. The van der Waals surface area contributed by atoms with Crippen LogP contribution in [-0.2, 0) is 10.9 Å². The molecule has 1 heterocycles. The minimum atomic E-state index is -4.70. The van der Waals surface area contributed by atoms with Gasteiger partial charge in [-0.05, 0) is 53.5 Å². The molecule has 0 spiro atoms. The number of cyclic esters (lactones) is 1. The molecule has 166 valence electrons. The lowest BCUT2D eigenvalue weighted by molar-refractivity contribution is -0.137. The van der Waals surface area contributed by atoms with Crippen molar-refractivity contribution in [1.29, 1.82) is 0 Å². The van der Waals surface area contributed by atoms with E-state index in [1.807, 2.05) is 0 Å². The van der Waals surface area contributed by atoms with E-state index in [0.29, 0.717) is 54.8 Å². The fraction of sp³-hybridized carbons (Fsp3) is 0.318. The van der Waals surface area contributed by atoms with Gasteiger partial charge in [0.25, 0.3) is 0 Å². The van der Waals surface area contributed by atoms with Gasteiger partial charge in [-0.15, -0.1) is 0 Å². The summed E-state index contributed by atoms with van der Waals surface area (Å²) in [5.74, 6) is -0.179. The quantitative estimate of drug-likeness (QED) is 0.561. The maximum atomic E-state index is 14.1. The summed E-state index contributed by atoms with van der Waals surface area (Å²) in [6, 6.07) is 7.26. The maximum absolute atomic E-state index is 14.1. The molecule has 1 fully saturated rings. The Labute approximate surface area is 176 Å². The molecule has 2 aromatic rings. The molecule has 0 atom stereocenters. The lowest BCUT2D eigenvalue weighted by Gasteiger charge is -2.16. The van der Waals surface area contributed by atoms with Crippen molar-refractivity contribution in [2.45, 2.75) is 12.6 Å². The number of hydrogen-bond acceptors (Lipinski definition) is 4. The first-order valence-corrected chi connectivity index (χ1v) is 9.45. The van der Waals surface area contributed by atoms with E-state index in [4.69, 9.17) is 14.2 Å². The summed E-state index contributed by atoms with van der Waals surface area (Å²) in [6.07, 6.45) is -3.14. The second-order valence-electron chi connectivity index (χ2n) is 6.80. The monoisotopic (exact) mass is 439 g/mol. The predicted molar refractivity (Wildman–Crippen MR) is 106 cm³/mol. The molecule has 0 aromatic heterocycles. The molecule has 0 unspecified atom stereocenters. The number of halogens is 4. The SMILES string of the molecule is COc1ccc(C(=CCCN2CCOC2=O)c2cc(F)cc(C(F)(F)F)c2)cc1OC. The predicted octanol–water partition coefficient (Wildman–Crippen LogP) is 5.14. The fourth-order valence-corrected chi connectivity index (χ4v) is 3.31. The molecule has 5 nitrogen and oxygen atoms in total. The van der Waals surface area contributed by atoms with Crippen molar-refractivity contribution in [3.8, 4) is 11.5 Å². The third kappa shape index (κ3) is 5.28. The van der Waals surface area contributed by atoms with Gasteiger partial charge in [0.2, 0.25) is 0 Å². The van der Waals surface area contributed by atoms with Crippen LogP contribution in [0, 0.1) is 5.82 Å². The minimum Gasteiger partial charge on any atom is -0.493 e. The Morgan fingerprint density at radius 2 is 1.84 bits per heavy atom. The molecular formula is C22H21F4NO4. The number of nitrogens with zero attached hydrogens (tertiary/aromatic N) is 1. The van der Waals surface area contributed by atoms with E-state index in [1.54, 1.807) is 24.3 Å². The van der Waals surface area contributed by atoms with Gasteiger partial charge >= 0.3 is 12.3 Å². The first-order valence-electron chi connectivity index (χ1n) is 9.45. The molecule has 9 heteroatoms. The Morgan fingerprint density at radius 1 is 1.10 bits per heavy atom. The van der Waals surface area contributed by atoms with Crippen molar-refractivity contribution in [3.63, 3.8) is 0 Å². The van der Waals surface area contributed by atoms with Crippen LogP contribution < -0.4 is 9.47 Å². The third-order valence-corrected chi connectivity index (χ3v) is 4.82. The van der Waals surface area contributed by atoms with E-state index in [9.17, 15) is 22.4 Å². The summed E-state index contributed by atoms with van der Waals surface area (Å²) in [5, 5.41) is 0. The highest BCUT2D eigenvalue weighted by atomic mass is 19.4. The molecule has 3 rings (SSSR count). The normalized spacial score (nSPS) is 14.6. The molecule has 1 saturated heterocycles. The van der Waals surface area contributed by atoms with Crippen molar-refractivity contribution in [1.82, 2.24) is 4.90 Å². The van der Waals surface area contributed by atoms with Crippen LogP contribution in [0.4, 0.5) is 22.4 Å². The molecule has 0 aliphatic carbocycles. The van der Waals surface area contributed by atoms with Crippen LogP contribution in [-0.4, -0.2) is 44.9 Å². The van der Waals surface area contributed by atoms with E-state index in [-0.39, 0.29) is 5.56 Å². The highest BCUT2D eigenvalue weighted by Gasteiger charge is 2.31. The van der Waals surface area contributed by atoms with E-state index in [0.717, 1.165) is 12.1 Å². The van der Waals surface area contributed by atoms with Crippen LogP contribution in [0.15, 0.2) is 42.5 Å². The van der Waals surface area contributed by atoms with Crippen molar-refractivity contribution in [2.75, 3.05) is 33.9 Å². The van der Waals surface area contributed by atoms with Crippen molar-refractivity contribution in [2.24, 2.45) is 0 Å². The third-order valence-electron chi connectivity index (χ3n) is 4.82. The lowest BCUT2D eigenvalue weighted by Crippen LogP contribution is -2.24. The Kier molecular flexibility index (Phi) is 6.72. The molecule has 0 saturated carbocycles. The molecule has 0 radical (unpaired) electrons. The number of carbonyl (C=O) groups is 1. The first kappa shape index (κ1) is 22.5. The average molecular weight is 439 g/mol. The van der Waals surface area contributed by atoms with E-state index in [1.165, 1.54) is 19.1 Å². The van der Waals surface area contributed by atoms with E-state index in [2.05, 4.69) is 0 Å². The van der Waals surface area contributed by atoms with Gasteiger partial charge in [0.05, 0.1) is 26.3 Å². The van der Waals surface area contributed by atoms with Gasteiger partial charge in [-0.2, -0.15) is 13.2 Å². The Bertz CT molecular complexity index is 988. The Hall–Kier alpha value is -3.23. The standard InChI is InChI=1S/C22H21F4NO4/c1-29-19-6-5-14(12-20(19)30-2)18(4-3-7-27-8-9-31-21(27)28)15-10-16(22(24,25)26)13-17(23)11-15/h4-6,10-13H,3,7-9H2,1-2H3. The van der Waals surface area contributed by atoms with Crippen molar-refractivity contribution in [3.05, 3.63) is 65.0 Å². The number of rotatable bonds is 7. The summed E-state index contributed by atoms with van der Waals surface area (Å²) in [7, 11) is 2.90. The van der Waals surface area contributed by atoms with Gasteiger partial charge < -0.3 is 19.1 Å². The van der Waals surface area contributed by atoms with Crippen molar-refractivity contribution >= 4 is 11.7 Å². The highest BCUT2D eigenvalue weighted by molar-refractivity contribution is 5.81. The second-order valence-corrected chi connectivity index (χ2v) is 6.80. The van der Waals surface area contributed by atoms with Gasteiger partial charge in [-0.1, -0.05) is 12.1 Å². The van der Waals surface area contributed by atoms with Crippen LogP contribution >= 0.6 is 0 Å². The second kappa shape index (κ2) is 9.28. The zero-order valence-electron chi connectivity index (χ0n) is 17.0. The Morgan fingerprint density at radius 3 is 2.45 bits per heavy atom. The van der Waals surface area contributed by atoms with Gasteiger partial charge in [0, 0.05) is 6.54 Å². The van der Waals surface area contributed by atoms with Crippen LogP contribution in [0.25, 0.3) is 5.57 Å². The number of alkyl halides is 3. The summed E-state index contributed by atoms with van der Waals surface area (Å²) in [6.45, 7) is 1.05. The number of amides is 1. The number of carbonyl (C=O) groups excluding carboxylic acids is 1. The minimum absolute atomic E-state index is 0.0588. The molecule has 2 aromatic carbocycles. The molecule has 31 heavy (non-hydrogen) atoms. The van der Waals surface area contributed by atoms with Gasteiger partial charge in [0.15, 0.2) is 11.5 Å². The smallest absolute Gasteiger partial charge is 0.416 e. The summed E-state index contributed by atoms with van der Waals surface area (Å²) in [4.78, 5) is 13.1. The zero-order chi connectivity index (χ0) is 22.6. The van der Waals surface area contributed by atoms with Gasteiger partial charge in [-0.25, -0.2) is 9.18 Å². The van der Waals surface area contributed by atoms with Crippen LogP contribution in [0.1, 0.15) is 23.1 Å². The Balaban J connectivity index is 2.03. The highest BCUT2D eigenvalue weighted by Crippen LogP contribution is 2.36. The largest absolute Gasteiger partial charge is 0.493 e. The molecule has 0 bridgehead atoms. The number of hydrogen-bond donors (Lipinski definition) is 0. The number of ether oxygens (including phenoxy) is 3. The van der Waals surface area contributed by atoms with Crippen LogP contribution in [0.5, 0.6) is 11.5 Å². The fourth-order valence-electron chi connectivity index (χ4n) is 3.31. The maximum Gasteiger partial charge on any atom is 0.416 e. The van der Waals surface area contributed by atoms with Crippen LogP contribution in [0.2, 0.25) is 0 Å². The molecular weight excluding hydrogens is 418 g/mol. The molecule has 0 N–H and O–H groups in total. The topological polar surface area (TPSA) is 48.0 Å². The summed E-state index contributed by atoms with van der Waals surface area (Å²) < 4.78 is 69.2. The van der Waals surface area contributed by atoms with Crippen molar-refractivity contribution < 1.29 is 36.6 Å². The van der Waals surface area contributed by atoms with Crippen LogP contribution in [0.3, 0.4) is 0 Å². The lowest BCUT2D eigenvalue weighted by atomic mass is 9.94. The van der Waals surface area contributed by atoms with Gasteiger partial charge in [0.1, 0.15) is 12.4 Å². The number of benzene rings is 2. The van der Waals surface area contributed by atoms with E-state index >= 15 is 0 Å². The van der Waals surface area contributed by atoms with E-state index < -0.39 is 23.7 Å². The number of methoxy groups -OCH3 is 2. The van der Waals surface area contributed by atoms with Gasteiger partial charge in [-0.3, -0.25) is 0 Å².